The van der Waals surface area contributed by atoms with Crippen molar-refractivity contribution in [3.63, 3.8) is 0 Å². The summed E-state index contributed by atoms with van der Waals surface area (Å²) in [5, 5.41) is 7.03. The van der Waals surface area contributed by atoms with Gasteiger partial charge in [-0.1, -0.05) is 18.2 Å². The van der Waals surface area contributed by atoms with E-state index in [9.17, 15) is 9.59 Å². The number of H-pyrrole nitrogens is 1. The van der Waals surface area contributed by atoms with Gasteiger partial charge in [0.1, 0.15) is 6.04 Å². The number of fused-ring (bicyclic) bond motifs is 1. The number of nitrogens with one attached hydrogen (secondary N) is 3. The molecule has 0 aliphatic carbocycles. The molecule has 2 aromatic rings. The quantitative estimate of drug-likeness (QED) is 0.767. The molecule has 1 aromatic heterocycles. The minimum atomic E-state index is -0.399. The Bertz CT molecular complexity index is 725. The van der Waals surface area contributed by atoms with E-state index >= 15 is 0 Å². The standard InChI is InChI=1S/C18H24N4O2/c1-19-18(24)16-12-20-9-10-22(16)17(23)8-4-5-13-11-21-15-7-3-2-6-14(13)15/h2-3,6-7,11,16,20-21H,4-5,8-10,12H2,1H3,(H,19,24)/t16-/m0/s1. The molecule has 0 bridgehead atoms. The monoisotopic (exact) mass is 328 g/mol. The number of carbonyl (C=O) groups excluding carboxylic acids is 2. The third kappa shape index (κ3) is 3.43. The number of carbonyl (C=O) groups is 2. The van der Waals surface area contributed by atoms with E-state index in [-0.39, 0.29) is 11.8 Å². The molecule has 0 spiro atoms. The van der Waals surface area contributed by atoms with Gasteiger partial charge in [0.15, 0.2) is 0 Å². The molecule has 1 aliphatic heterocycles. The van der Waals surface area contributed by atoms with Crippen LogP contribution in [0.4, 0.5) is 0 Å². The predicted molar refractivity (Wildman–Crippen MR) is 93.7 cm³/mol. The van der Waals surface area contributed by atoms with Crippen LogP contribution in [-0.2, 0) is 16.0 Å². The Hall–Kier alpha value is -2.34. The van der Waals surface area contributed by atoms with Crippen molar-refractivity contribution in [2.24, 2.45) is 0 Å². The van der Waals surface area contributed by atoms with Gasteiger partial charge in [0.25, 0.3) is 0 Å². The van der Waals surface area contributed by atoms with E-state index in [0.29, 0.717) is 19.5 Å². The maximum absolute atomic E-state index is 12.5. The van der Waals surface area contributed by atoms with Gasteiger partial charge >= 0.3 is 0 Å². The zero-order valence-corrected chi connectivity index (χ0v) is 14.0. The Kier molecular flexibility index (Phi) is 5.15. The zero-order valence-electron chi connectivity index (χ0n) is 14.0. The maximum Gasteiger partial charge on any atom is 0.243 e. The average Bonchev–Trinajstić information content (AvgIpc) is 3.04. The normalized spacial score (nSPS) is 17.9. The number of hydrogen-bond acceptors (Lipinski definition) is 3. The lowest BCUT2D eigenvalue weighted by atomic mass is 10.1. The number of aryl methyl sites for hydroxylation is 1. The third-order valence-electron chi connectivity index (χ3n) is 4.62. The molecular formula is C18H24N4O2. The van der Waals surface area contributed by atoms with Crippen LogP contribution in [0.25, 0.3) is 10.9 Å². The second kappa shape index (κ2) is 7.49. The number of benzene rings is 1. The average molecular weight is 328 g/mol. The molecule has 6 heteroatoms. The number of piperazine rings is 1. The SMILES string of the molecule is CNC(=O)[C@@H]1CNCCN1C(=O)CCCc1c[nH]c2ccccc12. The van der Waals surface area contributed by atoms with Crippen molar-refractivity contribution in [3.8, 4) is 0 Å². The Balaban J connectivity index is 1.57. The number of likely N-dealkylation sites (N-methyl/N-ethyl adjacent to an activating group) is 1. The smallest absolute Gasteiger partial charge is 0.243 e. The van der Waals surface area contributed by atoms with Crippen LogP contribution < -0.4 is 10.6 Å². The summed E-state index contributed by atoms with van der Waals surface area (Å²) in [6.07, 6.45) is 4.12. The first kappa shape index (κ1) is 16.5. The fourth-order valence-electron chi connectivity index (χ4n) is 3.32. The molecule has 0 saturated carbocycles. The molecule has 1 atom stereocenters. The van der Waals surface area contributed by atoms with Crippen LogP contribution in [0.2, 0.25) is 0 Å². The fraction of sp³-hybridized carbons (Fsp3) is 0.444. The van der Waals surface area contributed by atoms with Crippen LogP contribution in [0.15, 0.2) is 30.5 Å². The summed E-state index contributed by atoms with van der Waals surface area (Å²) < 4.78 is 0. The highest BCUT2D eigenvalue weighted by molar-refractivity contribution is 5.88. The second-order valence-corrected chi connectivity index (χ2v) is 6.13. The lowest BCUT2D eigenvalue weighted by Gasteiger charge is -2.35. The molecule has 6 nitrogen and oxygen atoms in total. The number of nitrogens with zero attached hydrogens (tertiary/aromatic N) is 1. The summed E-state index contributed by atoms with van der Waals surface area (Å²) in [6.45, 7) is 1.85. The van der Waals surface area contributed by atoms with Crippen LogP contribution in [0.3, 0.4) is 0 Å². The molecule has 0 radical (unpaired) electrons. The highest BCUT2D eigenvalue weighted by atomic mass is 16.2. The molecule has 1 aromatic carbocycles. The second-order valence-electron chi connectivity index (χ2n) is 6.13. The van der Waals surface area contributed by atoms with Crippen molar-refractivity contribution in [1.29, 1.82) is 0 Å². The van der Waals surface area contributed by atoms with E-state index in [1.54, 1.807) is 11.9 Å². The molecule has 3 N–H and O–H groups in total. The Morgan fingerprint density at radius 2 is 2.17 bits per heavy atom. The molecule has 3 rings (SSSR count). The van der Waals surface area contributed by atoms with Crippen LogP contribution >= 0.6 is 0 Å². The van der Waals surface area contributed by atoms with Crippen LogP contribution in [-0.4, -0.2) is 54.4 Å². The van der Waals surface area contributed by atoms with Crippen LogP contribution in [0.5, 0.6) is 0 Å². The van der Waals surface area contributed by atoms with E-state index in [1.807, 2.05) is 18.3 Å². The Morgan fingerprint density at radius 3 is 3.00 bits per heavy atom. The van der Waals surface area contributed by atoms with Gasteiger partial charge in [-0.05, 0) is 24.5 Å². The fourth-order valence-corrected chi connectivity index (χ4v) is 3.32. The van der Waals surface area contributed by atoms with Gasteiger partial charge in [-0.25, -0.2) is 0 Å². The van der Waals surface area contributed by atoms with Crippen molar-refractivity contribution >= 4 is 22.7 Å². The first-order valence-corrected chi connectivity index (χ1v) is 8.47. The zero-order chi connectivity index (χ0) is 16.9. The van der Waals surface area contributed by atoms with E-state index < -0.39 is 6.04 Å². The van der Waals surface area contributed by atoms with Crippen molar-refractivity contribution in [1.82, 2.24) is 20.5 Å². The van der Waals surface area contributed by atoms with Crippen molar-refractivity contribution in [3.05, 3.63) is 36.0 Å². The number of rotatable bonds is 5. The first-order chi connectivity index (χ1) is 11.7. The summed E-state index contributed by atoms with van der Waals surface area (Å²) >= 11 is 0. The largest absolute Gasteiger partial charge is 0.361 e. The predicted octanol–water partition coefficient (Wildman–Crippen LogP) is 1.04. The minimum Gasteiger partial charge on any atom is -0.361 e. The molecule has 1 saturated heterocycles. The van der Waals surface area contributed by atoms with Crippen molar-refractivity contribution in [2.45, 2.75) is 25.3 Å². The molecule has 24 heavy (non-hydrogen) atoms. The van der Waals surface area contributed by atoms with Gasteiger partial charge in [0.05, 0.1) is 0 Å². The molecule has 128 valence electrons. The third-order valence-corrected chi connectivity index (χ3v) is 4.62. The van der Waals surface area contributed by atoms with Crippen LogP contribution in [0, 0.1) is 0 Å². The summed E-state index contributed by atoms with van der Waals surface area (Å²) in [4.78, 5) is 29.4. The molecule has 1 fully saturated rings. The topological polar surface area (TPSA) is 77.2 Å². The summed E-state index contributed by atoms with van der Waals surface area (Å²) in [5.74, 6) is -0.0443. The first-order valence-electron chi connectivity index (χ1n) is 8.47. The number of amides is 2. The van der Waals surface area contributed by atoms with Crippen molar-refractivity contribution < 1.29 is 9.59 Å². The van der Waals surface area contributed by atoms with Gasteiger partial charge in [-0.2, -0.15) is 0 Å². The van der Waals surface area contributed by atoms with Crippen LogP contribution in [0.1, 0.15) is 18.4 Å². The lowest BCUT2D eigenvalue weighted by molar-refractivity contribution is -0.141. The number of para-hydroxylation sites is 1. The maximum atomic E-state index is 12.5. The van der Waals surface area contributed by atoms with E-state index in [0.717, 1.165) is 24.9 Å². The Labute approximate surface area is 141 Å². The summed E-state index contributed by atoms with van der Waals surface area (Å²) in [6, 6.07) is 7.79. The molecular weight excluding hydrogens is 304 g/mol. The molecule has 2 amide bonds. The molecule has 0 unspecified atom stereocenters. The molecule has 2 heterocycles. The van der Waals surface area contributed by atoms with E-state index in [4.69, 9.17) is 0 Å². The highest BCUT2D eigenvalue weighted by Crippen LogP contribution is 2.20. The van der Waals surface area contributed by atoms with Gasteiger partial charge in [-0.3, -0.25) is 9.59 Å². The number of aromatic nitrogens is 1. The Morgan fingerprint density at radius 1 is 1.33 bits per heavy atom. The van der Waals surface area contributed by atoms with Gasteiger partial charge in [-0.15, -0.1) is 0 Å². The van der Waals surface area contributed by atoms with Gasteiger partial charge in [0.2, 0.25) is 11.8 Å². The van der Waals surface area contributed by atoms with Crippen molar-refractivity contribution in [2.75, 3.05) is 26.7 Å². The lowest BCUT2D eigenvalue weighted by Crippen LogP contribution is -2.59. The van der Waals surface area contributed by atoms with Gasteiger partial charge in [0, 0.05) is 50.2 Å². The van der Waals surface area contributed by atoms with E-state index in [2.05, 4.69) is 27.8 Å². The summed E-state index contributed by atoms with van der Waals surface area (Å²) in [7, 11) is 1.61. The number of aromatic amines is 1. The number of hydrogen-bond donors (Lipinski definition) is 3. The minimum absolute atomic E-state index is 0.0601. The highest BCUT2D eigenvalue weighted by Gasteiger charge is 2.30. The van der Waals surface area contributed by atoms with E-state index in [1.165, 1.54) is 10.9 Å². The molecule has 1 aliphatic rings. The summed E-state index contributed by atoms with van der Waals surface area (Å²) in [5.41, 5.74) is 2.36. The van der Waals surface area contributed by atoms with Gasteiger partial charge < -0.3 is 20.5 Å².